The molecule has 4 nitrogen and oxygen atoms in total. The highest BCUT2D eigenvalue weighted by Gasteiger charge is 2.59. The third-order valence-electron chi connectivity index (χ3n) is 4.43. The molecule has 3 fully saturated rings. The molecule has 2 heterocycles. The molecule has 3 rings (SSSR count). The predicted octanol–water partition coefficient (Wildman–Crippen LogP) is 0.637. The maximum absolute atomic E-state index is 5.80. The summed E-state index contributed by atoms with van der Waals surface area (Å²) in [4.78, 5) is 0. The van der Waals surface area contributed by atoms with Crippen LogP contribution in [0.15, 0.2) is 0 Å². The van der Waals surface area contributed by atoms with E-state index in [9.17, 15) is 0 Å². The van der Waals surface area contributed by atoms with E-state index >= 15 is 0 Å². The van der Waals surface area contributed by atoms with Gasteiger partial charge in [0.25, 0.3) is 0 Å². The van der Waals surface area contributed by atoms with Gasteiger partial charge in [-0.3, -0.25) is 5.43 Å². The van der Waals surface area contributed by atoms with E-state index in [4.69, 9.17) is 9.47 Å². The Morgan fingerprint density at radius 2 is 1.94 bits per heavy atom. The smallest absolute Gasteiger partial charge is 0.0686 e. The molecule has 1 aliphatic carbocycles. The Morgan fingerprint density at radius 1 is 1.19 bits per heavy atom. The topological polar surface area (TPSA) is 33.7 Å². The van der Waals surface area contributed by atoms with Gasteiger partial charge in [0.05, 0.1) is 19.3 Å². The van der Waals surface area contributed by atoms with Crippen molar-refractivity contribution in [2.75, 3.05) is 32.9 Å². The molecule has 0 aromatic rings. The largest absolute Gasteiger partial charge is 0.379 e. The average Bonchev–Trinajstić information content (AvgIpc) is 2.74. The van der Waals surface area contributed by atoms with Crippen molar-refractivity contribution in [1.82, 2.24) is 10.4 Å². The first-order valence-corrected chi connectivity index (χ1v) is 6.40. The van der Waals surface area contributed by atoms with E-state index in [2.05, 4.69) is 24.3 Å². The summed E-state index contributed by atoms with van der Waals surface area (Å²) in [6.07, 6.45) is 1.70. The van der Waals surface area contributed by atoms with Crippen molar-refractivity contribution >= 4 is 0 Å². The molecule has 3 atom stereocenters. The van der Waals surface area contributed by atoms with Gasteiger partial charge in [0.1, 0.15) is 0 Å². The number of nitrogens with one attached hydrogen (secondary N) is 1. The number of nitrogens with zero attached hydrogens (tertiary/aromatic N) is 1. The minimum Gasteiger partial charge on any atom is -0.379 e. The molecule has 2 aliphatic heterocycles. The molecule has 0 radical (unpaired) electrons. The number of hydrazine groups is 1. The zero-order valence-corrected chi connectivity index (χ0v) is 10.2. The van der Waals surface area contributed by atoms with Gasteiger partial charge in [-0.15, -0.1) is 0 Å². The molecule has 92 valence electrons. The number of ether oxygens (including phenoxy) is 2. The standard InChI is InChI=1S/C12H22N2O2/c1-12(2)10(9-3-6-16-11(9)12)13-14-4-7-15-8-5-14/h9-11,13H,3-8H2,1-2H3. The van der Waals surface area contributed by atoms with Crippen molar-refractivity contribution in [3.05, 3.63) is 0 Å². The minimum atomic E-state index is 0.277. The second-order valence-electron chi connectivity index (χ2n) is 5.77. The molecule has 4 heteroatoms. The lowest BCUT2D eigenvalue weighted by Crippen LogP contribution is -2.69. The van der Waals surface area contributed by atoms with E-state index in [0.29, 0.717) is 12.1 Å². The van der Waals surface area contributed by atoms with Crippen LogP contribution in [0.5, 0.6) is 0 Å². The Balaban J connectivity index is 1.61. The van der Waals surface area contributed by atoms with Crippen molar-refractivity contribution in [1.29, 1.82) is 0 Å². The summed E-state index contributed by atoms with van der Waals surface area (Å²) < 4.78 is 11.2. The highest BCUT2D eigenvalue weighted by molar-refractivity contribution is 5.10. The van der Waals surface area contributed by atoms with Gasteiger partial charge in [-0.05, 0) is 6.42 Å². The highest BCUT2D eigenvalue weighted by Crippen LogP contribution is 2.52. The monoisotopic (exact) mass is 226 g/mol. The Morgan fingerprint density at radius 3 is 2.69 bits per heavy atom. The molecule has 1 N–H and O–H groups in total. The van der Waals surface area contributed by atoms with Crippen molar-refractivity contribution < 1.29 is 9.47 Å². The van der Waals surface area contributed by atoms with E-state index in [1.807, 2.05) is 0 Å². The van der Waals surface area contributed by atoms with Gasteiger partial charge in [0, 0.05) is 37.1 Å². The summed E-state index contributed by atoms with van der Waals surface area (Å²) >= 11 is 0. The van der Waals surface area contributed by atoms with Crippen molar-refractivity contribution in [3.8, 4) is 0 Å². The summed E-state index contributed by atoms with van der Waals surface area (Å²) in [6, 6.07) is 0.582. The fourth-order valence-corrected chi connectivity index (χ4v) is 3.48. The summed E-state index contributed by atoms with van der Waals surface area (Å²) in [5.41, 5.74) is 3.97. The Labute approximate surface area is 97.2 Å². The van der Waals surface area contributed by atoms with Gasteiger partial charge in [-0.1, -0.05) is 13.8 Å². The molecule has 16 heavy (non-hydrogen) atoms. The third-order valence-corrected chi connectivity index (χ3v) is 4.43. The molecule has 0 spiro atoms. The normalized spacial score (nSPS) is 42.8. The summed E-state index contributed by atoms with van der Waals surface area (Å²) in [5, 5.41) is 2.32. The van der Waals surface area contributed by atoms with Crippen LogP contribution in [0.25, 0.3) is 0 Å². The van der Waals surface area contributed by atoms with E-state index in [0.717, 1.165) is 38.8 Å². The van der Waals surface area contributed by atoms with Crippen LogP contribution < -0.4 is 5.43 Å². The number of fused-ring (bicyclic) bond motifs is 1. The van der Waals surface area contributed by atoms with Crippen molar-refractivity contribution in [3.63, 3.8) is 0 Å². The Bertz CT molecular complexity index is 264. The van der Waals surface area contributed by atoms with Gasteiger partial charge in [0.15, 0.2) is 0 Å². The van der Waals surface area contributed by atoms with E-state index in [1.165, 1.54) is 6.42 Å². The Kier molecular flexibility index (Phi) is 2.70. The fourth-order valence-electron chi connectivity index (χ4n) is 3.48. The number of rotatable bonds is 2. The van der Waals surface area contributed by atoms with E-state index < -0.39 is 0 Å². The maximum atomic E-state index is 5.80. The molecule has 2 saturated heterocycles. The second-order valence-corrected chi connectivity index (χ2v) is 5.77. The van der Waals surface area contributed by atoms with Crippen LogP contribution in [0.1, 0.15) is 20.3 Å². The van der Waals surface area contributed by atoms with Crippen LogP contribution in [0.4, 0.5) is 0 Å². The number of morpholine rings is 1. The van der Waals surface area contributed by atoms with Gasteiger partial charge in [-0.2, -0.15) is 0 Å². The summed E-state index contributed by atoms with van der Waals surface area (Å²) in [5.74, 6) is 0.720. The van der Waals surface area contributed by atoms with Crippen molar-refractivity contribution in [2.24, 2.45) is 11.3 Å². The maximum Gasteiger partial charge on any atom is 0.0686 e. The van der Waals surface area contributed by atoms with Gasteiger partial charge < -0.3 is 9.47 Å². The number of hydrogen-bond donors (Lipinski definition) is 1. The molecule has 0 aromatic carbocycles. The SMILES string of the molecule is CC1(C)C(NN2CCOCC2)C2CCOC21. The fraction of sp³-hybridized carbons (Fsp3) is 1.00. The zero-order valence-electron chi connectivity index (χ0n) is 10.2. The van der Waals surface area contributed by atoms with Crippen LogP contribution in [-0.2, 0) is 9.47 Å². The first-order chi connectivity index (χ1) is 7.69. The first kappa shape index (κ1) is 11.0. The molecular formula is C12H22N2O2. The van der Waals surface area contributed by atoms with E-state index in [-0.39, 0.29) is 5.41 Å². The second kappa shape index (κ2) is 3.95. The lowest BCUT2D eigenvalue weighted by atomic mass is 9.57. The lowest BCUT2D eigenvalue weighted by molar-refractivity contribution is -0.140. The van der Waals surface area contributed by atoms with Gasteiger partial charge in [0.2, 0.25) is 0 Å². The van der Waals surface area contributed by atoms with Crippen LogP contribution in [0, 0.1) is 11.3 Å². The van der Waals surface area contributed by atoms with Crippen LogP contribution >= 0.6 is 0 Å². The molecular weight excluding hydrogens is 204 g/mol. The highest BCUT2D eigenvalue weighted by atomic mass is 16.5. The van der Waals surface area contributed by atoms with Crippen LogP contribution in [0.3, 0.4) is 0 Å². The molecule has 3 aliphatic rings. The van der Waals surface area contributed by atoms with Gasteiger partial charge >= 0.3 is 0 Å². The molecule has 3 unspecified atom stereocenters. The molecule has 1 saturated carbocycles. The molecule has 0 bridgehead atoms. The molecule has 0 aromatic heterocycles. The van der Waals surface area contributed by atoms with E-state index in [1.54, 1.807) is 0 Å². The average molecular weight is 226 g/mol. The number of hydrogen-bond acceptors (Lipinski definition) is 4. The summed E-state index contributed by atoms with van der Waals surface area (Å²) in [6.45, 7) is 9.29. The summed E-state index contributed by atoms with van der Waals surface area (Å²) in [7, 11) is 0. The first-order valence-electron chi connectivity index (χ1n) is 6.40. The quantitative estimate of drug-likeness (QED) is 0.749. The van der Waals surface area contributed by atoms with Gasteiger partial charge in [-0.25, -0.2) is 5.01 Å². The third kappa shape index (κ3) is 1.59. The predicted molar refractivity (Wildman–Crippen MR) is 60.9 cm³/mol. The van der Waals surface area contributed by atoms with Crippen LogP contribution in [-0.4, -0.2) is 50.1 Å². The van der Waals surface area contributed by atoms with Crippen molar-refractivity contribution in [2.45, 2.75) is 32.4 Å². The lowest BCUT2D eigenvalue weighted by Gasteiger charge is -2.56. The zero-order chi connectivity index (χ0) is 11.2. The Hall–Kier alpha value is -0.160. The minimum absolute atomic E-state index is 0.277. The van der Waals surface area contributed by atoms with Crippen LogP contribution in [0.2, 0.25) is 0 Å². The molecule has 0 amide bonds.